The van der Waals surface area contributed by atoms with E-state index in [0.717, 1.165) is 115 Å². The molecule has 84 heavy (non-hydrogen) atoms. The van der Waals surface area contributed by atoms with E-state index in [-0.39, 0.29) is 25.7 Å². The molecule has 0 rings (SSSR count). The van der Waals surface area contributed by atoms with Gasteiger partial charge in [0.2, 0.25) is 0 Å². The number of aliphatic hydroxyl groups excluding tert-OH is 1. The molecule has 0 fully saturated rings. The molecule has 0 aliphatic heterocycles. The van der Waals surface area contributed by atoms with Gasteiger partial charge in [-0.3, -0.25) is 37.3 Å². The average molecular weight is 1240 g/mol. The van der Waals surface area contributed by atoms with E-state index in [2.05, 4.69) is 58.9 Å². The summed E-state index contributed by atoms with van der Waals surface area (Å²) in [6.07, 6.45) is 45.3. The maximum absolute atomic E-state index is 13.0. The van der Waals surface area contributed by atoms with Gasteiger partial charge in [0.1, 0.15) is 19.3 Å². The highest BCUT2D eigenvalue weighted by Gasteiger charge is 2.30. The Hall–Kier alpha value is -2.46. The second-order valence-corrected chi connectivity index (χ2v) is 26.2. The smallest absolute Gasteiger partial charge is 0.462 e. The van der Waals surface area contributed by atoms with E-state index in [1.807, 2.05) is 0 Å². The number of esters is 4. The van der Waals surface area contributed by atoms with Crippen molar-refractivity contribution in [3.63, 3.8) is 0 Å². The molecule has 0 aliphatic rings. The lowest BCUT2D eigenvalue weighted by Crippen LogP contribution is -2.30. The van der Waals surface area contributed by atoms with Crippen LogP contribution in [0.2, 0.25) is 0 Å². The third-order valence-corrected chi connectivity index (χ3v) is 16.3. The average Bonchev–Trinajstić information content (AvgIpc) is 3.62. The lowest BCUT2D eigenvalue weighted by molar-refractivity contribution is -0.161. The Morgan fingerprint density at radius 3 is 0.976 bits per heavy atom. The number of aliphatic hydroxyl groups is 1. The molecule has 5 atom stereocenters. The van der Waals surface area contributed by atoms with Gasteiger partial charge in [-0.25, -0.2) is 9.13 Å². The summed E-state index contributed by atoms with van der Waals surface area (Å²) in [5, 5.41) is 10.5. The standard InChI is InChI=1S/C65H122O17P2/c1-6-9-12-15-18-21-22-23-24-25-26-29-36-41-46-51-65(70)82-61(55-76-63(68)49-44-39-34-31-30-32-37-42-47-58(4)5)57-80-84(73,74)78-53-59(66)52-77-83(71,72)79-56-60(81-64(69)50-45-40-35-28-20-17-14-11-8-3)54-75-62(67)48-43-38-33-27-19-16-13-10-7-2/h21-24,58-61,66H,6-20,25-57H2,1-5H3,(H,71,72)(H,73,74)/b22-21-,24-23-/t59-,60+,61+/m0/s1. The zero-order valence-electron chi connectivity index (χ0n) is 53.5. The van der Waals surface area contributed by atoms with Gasteiger partial charge >= 0.3 is 39.5 Å². The van der Waals surface area contributed by atoms with Crippen LogP contribution in [0, 0.1) is 5.92 Å². The Balaban J connectivity index is 5.26. The Morgan fingerprint density at radius 1 is 0.369 bits per heavy atom. The van der Waals surface area contributed by atoms with Crippen LogP contribution in [0.1, 0.15) is 304 Å². The van der Waals surface area contributed by atoms with Gasteiger partial charge in [0.05, 0.1) is 26.4 Å². The lowest BCUT2D eigenvalue weighted by atomic mass is 10.0. The Bertz CT molecular complexity index is 1730. The van der Waals surface area contributed by atoms with E-state index in [1.54, 1.807) is 0 Å². The van der Waals surface area contributed by atoms with Gasteiger partial charge in [-0.1, -0.05) is 252 Å². The first-order chi connectivity index (χ1) is 40.5. The highest BCUT2D eigenvalue weighted by Crippen LogP contribution is 2.45. The van der Waals surface area contributed by atoms with Crippen molar-refractivity contribution in [3.05, 3.63) is 24.3 Å². The van der Waals surface area contributed by atoms with Crippen molar-refractivity contribution in [2.75, 3.05) is 39.6 Å². The Labute approximate surface area is 510 Å². The summed E-state index contributed by atoms with van der Waals surface area (Å²) in [4.78, 5) is 72.1. The van der Waals surface area contributed by atoms with Crippen molar-refractivity contribution in [3.8, 4) is 0 Å². The maximum Gasteiger partial charge on any atom is 0.472 e. The zero-order chi connectivity index (χ0) is 62.0. The predicted octanol–water partition coefficient (Wildman–Crippen LogP) is 17.7. The van der Waals surface area contributed by atoms with Crippen LogP contribution in [0.4, 0.5) is 0 Å². The molecule has 19 heteroatoms. The SMILES string of the molecule is CCCCCC/C=C\C=C/CCCCCCCC(=O)O[C@H](COC(=O)CCCCCCCCCCC(C)C)COP(=O)(O)OC[C@@H](O)COP(=O)(O)OC[C@@H](COC(=O)CCCCCCCCCCC)OC(=O)CCCCCCCCCCC. The molecule has 0 amide bonds. The van der Waals surface area contributed by atoms with Crippen molar-refractivity contribution in [1.29, 1.82) is 0 Å². The lowest BCUT2D eigenvalue weighted by Gasteiger charge is -2.21. The van der Waals surface area contributed by atoms with Gasteiger partial charge in [-0.2, -0.15) is 0 Å². The quantitative estimate of drug-likeness (QED) is 0.0169. The van der Waals surface area contributed by atoms with Crippen LogP contribution in [-0.4, -0.2) is 96.7 Å². The fourth-order valence-electron chi connectivity index (χ4n) is 9.22. The van der Waals surface area contributed by atoms with Crippen molar-refractivity contribution in [2.24, 2.45) is 5.92 Å². The molecule has 0 bridgehead atoms. The van der Waals surface area contributed by atoms with Crippen LogP contribution < -0.4 is 0 Å². The fourth-order valence-corrected chi connectivity index (χ4v) is 10.8. The van der Waals surface area contributed by atoms with Crippen LogP contribution in [0.15, 0.2) is 24.3 Å². The Kier molecular flexibility index (Phi) is 56.5. The second kappa shape index (κ2) is 58.2. The minimum absolute atomic E-state index is 0.0845. The minimum Gasteiger partial charge on any atom is -0.462 e. The van der Waals surface area contributed by atoms with Crippen LogP contribution in [0.25, 0.3) is 0 Å². The first-order valence-corrected chi connectivity index (χ1v) is 36.4. The van der Waals surface area contributed by atoms with E-state index in [4.69, 9.17) is 37.0 Å². The number of carbonyl (C=O) groups excluding carboxylic acids is 4. The molecule has 0 saturated heterocycles. The van der Waals surface area contributed by atoms with Crippen molar-refractivity contribution in [2.45, 2.75) is 323 Å². The van der Waals surface area contributed by atoms with Crippen LogP contribution in [-0.2, 0) is 65.4 Å². The molecule has 17 nitrogen and oxygen atoms in total. The largest absolute Gasteiger partial charge is 0.472 e. The first-order valence-electron chi connectivity index (χ1n) is 33.5. The monoisotopic (exact) mass is 1240 g/mol. The molecule has 0 aliphatic carbocycles. The van der Waals surface area contributed by atoms with Gasteiger partial charge in [-0.05, 0) is 57.3 Å². The summed E-state index contributed by atoms with van der Waals surface area (Å²) in [6.45, 7) is 7.07. The molecule has 0 heterocycles. The summed E-state index contributed by atoms with van der Waals surface area (Å²) < 4.78 is 67.9. The van der Waals surface area contributed by atoms with Crippen molar-refractivity contribution >= 4 is 39.5 Å². The van der Waals surface area contributed by atoms with Gasteiger partial charge in [-0.15, -0.1) is 0 Å². The number of phosphoric acid groups is 2. The van der Waals surface area contributed by atoms with Crippen molar-refractivity contribution in [1.82, 2.24) is 0 Å². The Morgan fingerprint density at radius 2 is 0.643 bits per heavy atom. The van der Waals surface area contributed by atoms with Gasteiger partial charge < -0.3 is 33.8 Å². The molecule has 494 valence electrons. The summed E-state index contributed by atoms with van der Waals surface area (Å²) in [6, 6.07) is 0. The minimum atomic E-state index is -4.95. The van der Waals surface area contributed by atoms with E-state index >= 15 is 0 Å². The third-order valence-electron chi connectivity index (χ3n) is 14.4. The fraction of sp³-hybridized carbons (Fsp3) is 0.877. The summed E-state index contributed by atoms with van der Waals surface area (Å²) >= 11 is 0. The van der Waals surface area contributed by atoms with Gasteiger partial charge in [0.25, 0.3) is 0 Å². The normalized spacial score (nSPS) is 14.4. The van der Waals surface area contributed by atoms with E-state index < -0.39 is 97.5 Å². The number of carbonyl (C=O) groups is 4. The number of allylic oxidation sites excluding steroid dienone is 4. The van der Waals surface area contributed by atoms with Crippen LogP contribution >= 0.6 is 15.6 Å². The van der Waals surface area contributed by atoms with E-state index in [9.17, 15) is 43.2 Å². The number of hydrogen-bond acceptors (Lipinski definition) is 15. The van der Waals surface area contributed by atoms with Gasteiger partial charge in [0, 0.05) is 25.7 Å². The molecular formula is C65H122O17P2. The van der Waals surface area contributed by atoms with Gasteiger partial charge in [0.15, 0.2) is 12.2 Å². The molecule has 2 unspecified atom stereocenters. The van der Waals surface area contributed by atoms with Crippen molar-refractivity contribution < 1.29 is 80.2 Å². The molecule has 0 aromatic heterocycles. The molecule has 0 aromatic rings. The summed E-state index contributed by atoms with van der Waals surface area (Å²) in [5.74, 6) is -1.44. The molecule has 0 radical (unpaired) electrons. The summed E-state index contributed by atoms with van der Waals surface area (Å²) in [7, 11) is -9.90. The number of rotatable bonds is 63. The molecule has 3 N–H and O–H groups in total. The third kappa shape index (κ3) is 58.6. The summed E-state index contributed by atoms with van der Waals surface area (Å²) in [5.41, 5.74) is 0. The first kappa shape index (κ1) is 81.5. The number of ether oxygens (including phenoxy) is 4. The van der Waals surface area contributed by atoms with Crippen LogP contribution in [0.5, 0.6) is 0 Å². The van der Waals surface area contributed by atoms with Crippen LogP contribution in [0.3, 0.4) is 0 Å². The maximum atomic E-state index is 13.0. The predicted molar refractivity (Wildman–Crippen MR) is 335 cm³/mol. The highest BCUT2D eigenvalue weighted by molar-refractivity contribution is 7.47. The highest BCUT2D eigenvalue weighted by atomic mass is 31.2. The second-order valence-electron chi connectivity index (χ2n) is 23.3. The van der Waals surface area contributed by atoms with E-state index in [1.165, 1.54) is 109 Å². The number of phosphoric ester groups is 2. The van der Waals surface area contributed by atoms with E-state index in [0.29, 0.717) is 25.7 Å². The molecule has 0 spiro atoms. The molecule has 0 saturated carbocycles. The zero-order valence-corrected chi connectivity index (χ0v) is 55.3. The number of hydrogen-bond donors (Lipinski definition) is 3. The molecular weight excluding hydrogens is 1110 g/mol. The molecule has 0 aromatic carbocycles. The number of unbranched alkanes of at least 4 members (excludes halogenated alkanes) is 32. The topological polar surface area (TPSA) is 237 Å².